The third-order valence-corrected chi connectivity index (χ3v) is 2.95. The summed E-state index contributed by atoms with van der Waals surface area (Å²) in [5.74, 6) is 0.546. The molecule has 0 fully saturated rings. The van der Waals surface area contributed by atoms with E-state index in [1.54, 1.807) is 6.07 Å². The second kappa shape index (κ2) is 7.29. The quantitative estimate of drug-likeness (QED) is 0.842. The van der Waals surface area contributed by atoms with Crippen molar-refractivity contribution in [1.82, 2.24) is 5.32 Å². The van der Waals surface area contributed by atoms with Crippen molar-refractivity contribution in [2.45, 2.75) is 19.9 Å². The molecule has 1 amide bonds. The van der Waals surface area contributed by atoms with Crippen LogP contribution in [0.3, 0.4) is 0 Å². The highest BCUT2D eigenvalue weighted by atomic mass is 79.9. The van der Waals surface area contributed by atoms with E-state index in [0.29, 0.717) is 18.8 Å². The van der Waals surface area contributed by atoms with Crippen LogP contribution < -0.4 is 15.8 Å². The van der Waals surface area contributed by atoms with Gasteiger partial charge in [-0.05, 0) is 30.2 Å². The van der Waals surface area contributed by atoms with E-state index < -0.39 is 0 Å². The van der Waals surface area contributed by atoms with E-state index in [-0.39, 0.29) is 12.5 Å². The molecule has 3 N–H and O–H groups in total. The van der Waals surface area contributed by atoms with Gasteiger partial charge in [-0.3, -0.25) is 4.79 Å². The van der Waals surface area contributed by atoms with E-state index in [1.165, 1.54) is 0 Å². The first-order valence-electron chi connectivity index (χ1n) is 5.55. The van der Waals surface area contributed by atoms with Crippen LogP contribution in [-0.4, -0.2) is 19.1 Å². The Hall–Kier alpha value is -1.07. The number of carbonyl (C=O) groups is 1. The van der Waals surface area contributed by atoms with Crippen molar-refractivity contribution >= 4 is 21.8 Å². The maximum atomic E-state index is 11.3. The Balaban J connectivity index is 2.49. The first-order chi connectivity index (χ1) is 8.17. The number of hydrogen-bond donors (Lipinski definition) is 2. The van der Waals surface area contributed by atoms with Crippen LogP contribution in [-0.2, 0) is 11.3 Å². The van der Waals surface area contributed by atoms with E-state index >= 15 is 0 Å². The fraction of sp³-hybridized carbons (Fsp3) is 0.417. The number of amides is 1. The van der Waals surface area contributed by atoms with Crippen LogP contribution in [0.4, 0.5) is 0 Å². The summed E-state index contributed by atoms with van der Waals surface area (Å²) in [6, 6.07) is 5.50. The largest absolute Gasteiger partial charge is 0.484 e. The summed E-state index contributed by atoms with van der Waals surface area (Å²) < 4.78 is 6.32. The number of ether oxygens (including phenoxy) is 1. The van der Waals surface area contributed by atoms with E-state index in [1.807, 2.05) is 19.1 Å². The first kappa shape index (κ1) is 14.0. The summed E-state index contributed by atoms with van der Waals surface area (Å²) in [4.78, 5) is 11.3. The third-order valence-electron chi connectivity index (χ3n) is 2.18. The van der Waals surface area contributed by atoms with Crippen molar-refractivity contribution in [1.29, 1.82) is 0 Å². The molecular formula is C12H17BrN2O2. The van der Waals surface area contributed by atoms with Crippen LogP contribution >= 0.6 is 15.9 Å². The van der Waals surface area contributed by atoms with Gasteiger partial charge in [-0.25, -0.2) is 0 Å². The lowest BCUT2D eigenvalue weighted by atomic mass is 10.2. The number of hydrogen-bond acceptors (Lipinski definition) is 3. The molecule has 0 atom stereocenters. The molecule has 0 aliphatic rings. The minimum atomic E-state index is -0.107. The number of nitrogens with one attached hydrogen (secondary N) is 1. The molecule has 17 heavy (non-hydrogen) atoms. The summed E-state index contributed by atoms with van der Waals surface area (Å²) in [5, 5.41) is 2.74. The van der Waals surface area contributed by atoms with Gasteiger partial charge in [0.2, 0.25) is 0 Å². The molecule has 0 saturated carbocycles. The molecule has 0 unspecified atom stereocenters. The summed E-state index contributed by atoms with van der Waals surface area (Å²) in [5.41, 5.74) is 6.53. The molecule has 0 bridgehead atoms. The molecule has 0 radical (unpaired) electrons. The summed E-state index contributed by atoms with van der Waals surface area (Å²) >= 11 is 3.39. The highest BCUT2D eigenvalue weighted by Crippen LogP contribution is 2.22. The topological polar surface area (TPSA) is 64.3 Å². The average molecular weight is 301 g/mol. The molecule has 1 aromatic rings. The summed E-state index contributed by atoms with van der Waals surface area (Å²) in [6.45, 7) is 3.14. The zero-order valence-corrected chi connectivity index (χ0v) is 11.4. The van der Waals surface area contributed by atoms with Crippen LogP contribution in [0.25, 0.3) is 0 Å². The lowest BCUT2D eigenvalue weighted by molar-refractivity contribution is -0.123. The monoisotopic (exact) mass is 300 g/mol. The zero-order valence-electron chi connectivity index (χ0n) is 9.83. The standard InChI is InChI=1S/C12H17BrN2O2/c1-2-5-15-12(16)8-17-10-3-4-11(13)9(6-10)7-14/h3-4,6H,2,5,7-8,14H2,1H3,(H,15,16). The van der Waals surface area contributed by atoms with Crippen LogP contribution in [0.15, 0.2) is 22.7 Å². The zero-order chi connectivity index (χ0) is 12.7. The van der Waals surface area contributed by atoms with Crippen molar-refractivity contribution in [2.24, 2.45) is 5.73 Å². The van der Waals surface area contributed by atoms with Gasteiger partial charge in [0.1, 0.15) is 5.75 Å². The van der Waals surface area contributed by atoms with E-state index in [0.717, 1.165) is 16.5 Å². The molecule has 0 saturated heterocycles. The Kier molecular flexibility index (Phi) is 6.00. The predicted molar refractivity (Wildman–Crippen MR) is 70.8 cm³/mol. The lowest BCUT2D eigenvalue weighted by Gasteiger charge is -2.08. The van der Waals surface area contributed by atoms with Crippen molar-refractivity contribution in [2.75, 3.05) is 13.2 Å². The first-order valence-corrected chi connectivity index (χ1v) is 6.34. The molecule has 94 valence electrons. The van der Waals surface area contributed by atoms with Gasteiger partial charge in [0.25, 0.3) is 5.91 Å². The van der Waals surface area contributed by atoms with Crippen molar-refractivity contribution in [3.8, 4) is 5.75 Å². The molecule has 0 aliphatic heterocycles. The highest BCUT2D eigenvalue weighted by Gasteiger charge is 2.04. The van der Waals surface area contributed by atoms with Crippen LogP contribution in [0.2, 0.25) is 0 Å². The summed E-state index contributed by atoms with van der Waals surface area (Å²) in [7, 11) is 0. The Morgan fingerprint density at radius 3 is 2.94 bits per heavy atom. The van der Waals surface area contributed by atoms with Crippen LogP contribution in [0.1, 0.15) is 18.9 Å². The molecular weight excluding hydrogens is 284 g/mol. The van der Waals surface area contributed by atoms with Gasteiger partial charge in [-0.2, -0.15) is 0 Å². The molecule has 0 heterocycles. The number of carbonyl (C=O) groups excluding carboxylic acids is 1. The number of benzene rings is 1. The van der Waals surface area contributed by atoms with Gasteiger partial charge in [0.15, 0.2) is 6.61 Å². The van der Waals surface area contributed by atoms with Gasteiger partial charge in [-0.15, -0.1) is 0 Å². The molecule has 1 rings (SSSR count). The smallest absolute Gasteiger partial charge is 0.257 e. The fourth-order valence-corrected chi connectivity index (χ4v) is 1.67. The Morgan fingerprint density at radius 1 is 1.53 bits per heavy atom. The third kappa shape index (κ3) is 4.75. The van der Waals surface area contributed by atoms with Crippen molar-refractivity contribution < 1.29 is 9.53 Å². The molecule has 0 spiro atoms. The molecule has 1 aromatic carbocycles. The lowest BCUT2D eigenvalue weighted by Crippen LogP contribution is -2.29. The molecule has 0 aliphatic carbocycles. The van der Waals surface area contributed by atoms with Gasteiger partial charge in [0, 0.05) is 17.6 Å². The second-order valence-electron chi connectivity index (χ2n) is 3.60. The second-order valence-corrected chi connectivity index (χ2v) is 4.45. The van der Waals surface area contributed by atoms with Crippen LogP contribution in [0.5, 0.6) is 5.75 Å². The maximum Gasteiger partial charge on any atom is 0.257 e. The van der Waals surface area contributed by atoms with Gasteiger partial charge in [0.05, 0.1) is 0 Å². The molecule has 5 heteroatoms. The van der Waals surface area contributed by atoms with E-state index in [2.05, 4.69) is 21.2 Å². The fourth-order valence-electron chi connectivity index (χ4n) is 1.26. The number of halogens is 1. The average Bonchev–Trinajstić information content (AvgIpc) is 2.35. The number of nitrogens with two attached hydrogens (primary N) is 1. The number of rotatable bonds is 6. The van der Waals surface area contributed by atoms with Gasteiger partial charge >= 0.3 is 0 Å². The van der Waals surface area contributed by atoms with E-state index in [4.69, 9.17) is 10.5 Å². The van der Waals surface area contributed by atoms with Crippen molar-refractivity contribution in [3.05, 3.63) is 28.2 Å². The normalized spacial score (nSPS) is 10.1. The van der Waals surface area contributed by atoms with Gasteiger partial charge < -0.3 is 15.8 Å². The van der Waals surface area contributed by atoms with Crippen LogP contribution in [0, 0.1) is 0 Å². The minimum Gasteiger partial charge on any atom is -0.484 e. The Morgan fingerprint density at radius 2 is 2.29 bits per heavy atom. The molecule has 0 aromatic heterocycles. The Labute approximate surface area is 110 Å². The van der Waals surface area contributed by atoms with Gasteiger partial charge in [-0.1, -0.05) is 22.9 Å². The highest BCUT2D eigenvalue weighted by molar-refractivity contribution is 9.10. The predicted octanol–water partition coefficient (Wildman–Crippen LogP) is 1.81. The SMILES string of the molecule is CCCNC(=O)COc1ccc(Br)c(CN)c1. The van der Waals surface area contributed by atoms with Crippen molar-refractivity contribution in [3.63, 3.8) is 0 Å². The maximum absolute atomic E-state index is 11.3. The van der Waals surface area contributed by atoms with E-state index in [9.17, 15) is 4.79 Å². The minimum absolute atomic E-state index is 0.0334. The molecule has 4 nitrogen and oxygen atoms in total. The summed E-state index contributed by atoms with van der Waals surface area (Å²) in [6.07, 6.45) is 0.918. The Bertz CT molecular complexity index is 383.